The van der Waals surface area contributed by atoms with Gasteiger partial charge in [-0.2, -0.15) is 0 Å². The van der Waals surface area contributed by atoms with Crippen LogP contribution in [0, 0.1) is 5.92 Å². The molecule has 4 N–H and O–H groups in total. The largest absolute Gasteiger partial charge is 0.478 e. The third-order valence-corrected chi connectivity index (χ3v) is 3.93. The van der Waals surface area contributed by atoms with Gasteiger partial charge in [0, 0.05) is 24.8 Å². The van der Waals surface area contributed by atoms with Gasteiger partial charge in [0.1, 0.15) is 0 Å². The van der Waals surface area contributed by atoms with Crippen molar-refractivity contribution in [3.05, 3.63) is 22.7 Å². The first-order valence-electron chi connectivity index (χ1n) is 6.70. The molecule has 0 spiro atoms. The van der Waals surface area contributed by atoms with Gasteiger partial charge in [0.05, 0.1) is 22.4 Å². The highest BCUT2D eigenvalue weighted by Crippen LogP contribution is 2.31. The van der Waals surface area contributed by atoms with Gasteiger partial charge in [-0.25, -0.2) is 4.79 Å². The number of anilines is 2. The number of ether oxygens (including phenoxy) is 1. The van der Waals surface area contributed by atoms with Crippen LogP contribution >= 0.6 is 11.6 Å². The molecule has 0 saturated carbocycles. The minimum atomic E-state index is -1.04. The normalized spacial score (nSPS) is 21.9. The Labute approximate surface area is 123 Å². The van der Waals surface area contributed by atoms with Crippen molar-refractivity contribution in [1.29, 1.82) is 0 Å². The molecule has 0 aromatic heterocycles. The average Bonchev–Trinajstić information content (AvgIpc) is 2.84. The fourth-order valence-corrected chi connectivity index (χ4v) is 2.88. The molecule has 0 bridgehead atoms. The first kappa shape index (κ1) is 14.9. The van der Waals surface area contributed by atoms with E-state index in [9.17, 15) is 9.90 Å². The smallest absolute Gasteiger partial charge is 0.337 e. The van der Waals surface area contributed by atoms with Crippen LogP contribution in [0.5, 0.6) is 0 Å². The van der Waals surface area contributed by atoms with E-state index in [0.29, 0.717) is 28.9 Å². The van der Waals surface area contributed by atoms with Crippen LogP contribution in [0.1, 0.15) is 30.1 Å². The molecule has 1 aromatic carbocycles. The van der Waals surface area contributed by atoms with E-state index in [1.165, 1.54) is 6.07 Å². The van der Waals surface area contributed by atoms with Crippen molar-refractivity contribution in [1.82, 2.24) is 0 Å². The highest BCUT2D eigenvalue weighted by atomic mass is 35.5. The molecule has 1 heterocycles. The fraction of sp³-hybridized carbons (Fsp3) is 0.500. The summed E-state index contributed by atoms with van der Waals surface area (Å²) in [5, 5.41) is 12.7. The molecule has 0 radical (unpaired) electrons. The summed E-state index contributed by atoms with van der Waals surface area (Å²) in [5.41, 5.74) is 6.50. The van der Waals surface area contributed by atoms with Gasteiger partial charge in [-0.3, -0.25) is 0 Å². The fourth-order valence-electron chi connectivity index (χ4n) is 2.59. The van der Waals surface area contributed by atoms with Crippen molar-refractivity contribution in [3.63, 3.8) is 0 Å². The first-order chi connectivity index (χ1) is 9.52. The Balaban J connectivity index is 2.14. The topological polar surface area (TPSA) is 84.6 Å². The number of carbonyl (C=O) groups is 1. The highest BCUT2D eigenvalue weighted by molar-refractivity contribution is 6.34. The van der Waals surface area contributed by atoms with Crippen LogP contribution in [0.25, 0.3) is 0 Å². The van der Waals surface area contributed by atoms with Gasteiger partial charge < -0.3 is 20.9 Å². The number of carboxylic acid groups (broad SMARTS) is 1. The van der Waals surface area contributed by atoms with E-state index in [1.54, 1.807) is 6.07 Å². The van der Waals surface area contributed by atoms with E-state index in [-0.39, 0.29) is 11.7 Å². The van der Waals surface area contributed by atoms with Crippen molar-refractivity contribution >= 4 is 28.9 Å². The number of rotatable bonds is 5. The Hall–Kier alpha value is -1.46. The number of hydrogen-bond donors (Lipinski definition) is 3. The molecule has 2 atom stereocenters. The van der Waals surface area contributed by atoms with E-state index < -0.39 is 5.97 Å². The van der Waals surface area contributed by atoms with Crippen LogP contribution < -0.4 is 11.1 Å². The van der Waals surface area contributed by atoms with Gasteiger partial charge in [0.15, 0.2) is 0 Å². The van der Waals surface area contributed by atoms with Crippen molar-refractivity contribution in [2.75, 3.05) is 24.2 Å². The zero-order valence-corrected chi connectivity index (χ0v) is 12.1. The molecule has 2 rings (SSSR count). The lowest BCUT2D eigenvalue weighted by Crippen LogP contribution is -2.23. The number of nitrogen functional groups attached to an aromatic ring is 1. The number of carboxylic acids is 1. The summed E-state index contributed by atoms with van der Waals surface area (Å²) in [6, 6.07) is 2.97. The number of halogens is 1. The maximum absolute atomic E-state index is 11.3. The number of nitrogens with one attached hydrogen (secondary N) is 1. The molecular weight excluding hydrogens is 280 g/mol. The van der Waals surface area contributed by atoms with E-state index in [4.69, 9.17) is 22.1 Å². The number of aromatic carboxylic acids is 1. The van der Waals surface area contributed by atoms with Gasteiger partial charge in [0.25, 0.3) is 0 Å². The van der Waals surface area contributed by atoms with Gasteiger partial charge >= 0.3 is 5.97 Å². The molecule has 1 saturated heterocycles. The number of nitrogens with two attached hydrogens (primary N) is 1. The van der Waals surface area contributed by atoms with E-state index in [2.05, 4.69) is 12.2 Å². The molecule has 20 heavy (non-hydrogen) atoms. The second kappa shape index (κ2) is 6.33. The lowest BCUT2D eigenvalue weighted by Gasteiger charge is -2.19. The SMILES string of the molecule is CCC1OCCC1CNc1c(Cl)cc(N)cc1C(=O)O. The molecule has 1 aliphatic heterocycles. The van der Waals surface area contributed by atoms with E-state index in [1.807, 2.05) is 0 Å². The predicted octanol–water partition coefficient (Wildman–Crippen LogP) is 2.85. The predicted molar refractivity (Wildman–Crippen MR) is 79.5 cm³/mol. The molecule has 6 heteroatoms. The van der Waals surface area contributed by atoms with Crippen LogP contribution in [0.3, 0.4) is 0 Å². The average molecular weight is 299 g/mol. The summed E-state index contributed by atoms with van der Waals surface area (Å²) in [5.74, 6) is -0.674. The summed E-state index contributed by atoms with van der Waals surface area (Å²) in [6.07, 6.45) is 2.15. The molecule has 0 aliphatic carbocycles. The van der Waals surface area contributed by atoms with E-state index in [0.717, 1.165) is 19.4 Å². The van der Waals surface area contributed by atoms with Gasteiger partial charge in [-0.05, 0) is 25.0 Å². The summed E-state index contributed by atoms with van der Waals surface area (Å²) < 4.78 is 5.62. The maximum atomic E-state index is 11.3. The Morgan fingerprint density at radius 2 is 2.35 bits per heavy atom. The molecule has 0 amide bonds. The first-order valence-corrected chi connectivity index (χ1v) is 7.08. The van der Waals surface area contributed by atoms with E-state index >= 15 is 0 Å². The molecule has 110 valence electrons. The Kier molecular flexibility index (Phi) is 4.73. The van der Waals surface area contributed by atoms with Gasteiger partial charge in [0.2, 0.25) is 0 Å². The molecule has 5 nitrogen and oxygen atoms in total. The maximum Gasteiger partial charge on any atom is 0.337 e. The molecule has 1 aliphatic rings. The molecule has 2 unspecified atom stereocenters. The third-order valence-electron chi connectivity index (χ3n) is 3.63. The minimum Gasteiger partial charge on any atom is -0.478 e. The lowest BCUT2D eigenvalue weighted by atomic mass is 9.99. The zero-order valence-electron chi connectivity index (χ0n) is 11.4. The Morgan fingerprint density at radius 1 is 1.60 bits per heavy atom. The second-order valence-electron chi connectivity index (χ2n) is 4.98. The van der Waals surface area contributed by atoms with Crippen LogP contribution in [0.2, 0.25) is 5.02 Å². The monoisotopic (exact) mass is 298 g/mol. The number of benzene rings is 1. The Morgan fingerprint density at radius 3 is 3.00 bits per heavy atom. The summed E-state index contributed by atoms with van der Waals surface area (Å²) in [7, 11) is 0. The third kappa shape index (κ3) is 3.16. The van der Waals surface area contributed by atoms with Crippen molar-refractivity contribution < 1.29 is 14.6 Å². The lowest BCUT2D eigenvalue weighted by molar-refractivity contribution is 0.0698. The van der Waals surface area contributed by atoms with Crippen LogP contribution in [-0.2, 0) is 4.74 Å². The number of hydrogen-bond acceptors (Lipinski definition) is 4. The van der Waals surface area contributed by atoms with Crippen LogP contribution in [0.15, 0.2) is 12.1 Å². The Bertz CT molecular complexity index is 507. The van der Waals surface area contributed by atoms with Crippen molar-refractivity contribution in [2.45, 2.75) is 25.9 Å². The van der Waals surface area contributed by atoms with Crippen LogP contribution in [-0.4, -0.2) is 30.3 Å². The van der Waals surface area contributed by atoms with Crippen molar-refractivity contribution in [3.8, 4) is 0 Å². The minimum absolute atomic E-state index is 0.0990. The van der Waals surface area contributed by atoms with Gasteiger partial charge in [-0.1, -0.05) is 18.5 Å². The quantitative estimate of drug-likeness (QED) is 0.728. The summed E-state index contributed by atoms with van der Waals surface area (Å²) >= 11 is 6.10. The molecule has 1 aromatic rings. The standard InChI is InChI=1S/C14H19ClN2O3/c1-2-12-8(3-4-20-12)7-17-13-10(14(18)19)5-9(16)6-11(13)15/h5-6,8,12,17H,2-4,7,16H2,1H3,(H,18,19). The van der Waals surface area contributed by atoms with Gasteiger partial charge in [-0.15, -0.1) is 0 Å². The molecular formula is C14H19ClN2O3. The summed E-state index contributed by atoms with van der Waals surface area (Å²) in [4.78, 5) is 11.3. The molecule has 1 fully saturated rings. The zero-order chi connectivity index (χ0) is 14.7. The van der Waals surface area contributed by atoms with Crippen molar-refractivity contribution in [2.24, 2.45) is 5.92 Å². The van der Waals surface area contributed by atoms with Crippen LogP contribution in [0.4, 0.5) is 11.4 Å². The summed E-state index contributed by atoms with van der Waals surface area (Å²) in [6.45, 7) is 3.48. The second-order valence-corrected chi connectivity index (χ2v) is 5.38. The highest BCUT2D eigenvalue weighted by Gasteiger charge is 2.27.